The molecule has 0 unspecified atom stereocenters. The number of nitrogens with one attached hydrogen (secondary N) is 1. The molecule has 5 aliphatic carbocycles. The van der Waals surface area contributed by atoms with Gasteiger partial charge in [-0.15, -0.1) is 0 Å². The molecule has 28 heavy (non-hydrogen) atoms. The van der Waals surface area contributed by atoms with Gasteiger partial charge in [-0.25, -0.2) is 9.97 Å². The Bertz CT molecular complexity index is 680. The van der Waals surface area contributed by atoms with Gasteiger partial charge in [-0.2, -0.15) is 0 Å². The lowest BCUT2D eigenvalue weighted by Crippen LogP contribution is -2.49. The lowest BCUT2D eigenvalue weighted by Gasteiger charge is -2.56. The van der Waals surface area contributed by atoms with Crippen molar-refractivity contribution in [1.29, 1.82) is 0 Å². The van der Waals surface area contributed by atoms with E-state index in [-0.39, 0.29) is 18.1 Å². The molecule has 0 atom stereocenters. The molecule has 1 N–H and O–H groups in total. The first-order valence-electron chi connectivity index (χ1n) is 11.0. The molecule has 0 saturated heterocycles. The van der Waals surface area contributed by atoms with Crippen molar-refractivity contribution in [2.45, 2.75) is 82.8 Å². The van der Waals surface area contributed by atoms with Gasteiger partial charge in [0.05, 0.1) is 17.4 Å². The van der Waals surface area contributed by atoms with Gasteiger partial charge in [-0.3, -0.25) is 4.79 Å². The molecule has 1 aromatic heterocycles. The monoisotopic (exact) mass is 403 g/mol. The van der Waals surface area contributed by atoms with Crippen LogP contribution < -0.4 is 10.1 Å². The van der Waals surface area contributed by atoms with Crippen molar-refractivity contribution in [3.05, 3.63) is 17.4 Å². The minimum absolute atomic E-state index is 0.123. The van der Waals surface area contributed by atoms with Crippen molar-refractivity contribution in [2.75, 3.05) is 0 Å². The van der Waals surface area contributed by atoms with Crippen molar-refractivity contribution in [3.8, 4) is 6.01 Å². The Balaban J connectivity index is 1.09. The molecule has 152 valence electrons. The summed E-state index contributed by atoms with van der Waals surface area (Å²) in [6, 6.07) is 0.672. The van der Waals surface area contributed by atoms with Crippen LogP contribution in [0.3, 0.4) is 0 Å². The standard InChI is InChI=1S/C22H30ClN3O2/c23-17-12-24-21(25-13-17)28-19-3-1-18(2-4-19)26-20(27)11-22-8-14-5-15(9-22)7-16(6-14)10-22/h12-16,18-19H,1-11H2,(H,26,27). The molecule has 0 radical (unpaired) electrons. The normalized spacial score (nSPS) is 39.0. The number of carbonyl (C=O) groups excluding carboxylic acids is 1. The molecule has 0 aliphatic heterocycles. The van der Waals surface area contributed by atoms with Crippen LogP contribution in [0.25, 0.3) is 0 Å². The summed E-state index contributed by atoms with van der Waals surface area (Å²) in [5.74, 6) is 3.00. The van der Waals surface area contributed by atoms with Crippen LogP contribution in [-0.4, -0.2) is 28.0 Å². The topological polar surface area (TPSA) is 64.1 Å². The summed E-state index contributed by atoms with van der Waals surface area (Å²) in [5.41, 5.74) is 0.324. The Morgan fingerprint density at radius 2 is 1.61 bits per heavy atom. The Hall–Kier alpha value is -1.36. The highest BCUT2D eigenvalue weighted by atomic mass is 35.5. The van der Waals surface area contributed by atoms with Crippen molar-refractivity contribution in [2.24, 2.45) is 23.2 Å². The number of ether oxygens (including phenoxy) is 1. The van der Waals surface area contributed by atoms with E-state index in [0.29, 0.717) is 16.4 Å². The van der Waals surface area contributed by atoms with Crippen LogP contribution in [0.4, 0.5) is 0 Å². The van der Waals surface area contributed by atoms with Gasteiger partial charge in [-0.05, 0) is 87.4 Å². The molecule has 0 spiro atoms. The van der Waals surface area contributed by atoms with Gasteiger partial charge >= 0.3 is 6.01 Å². The van der Waals surface area contributed by atoms with Gasteiger partial charge in [0.15, 0.2) is 0 Å². The molecule has 4 bridgehead atoms. The average molecular weight is 404 g/mol. The van der Waals surface area contributed by atoms with E-state index in [2.05, 4.69) is 15.3 Å². The van der Waals surface area contributed by atoms with Gasteiger partial charge in [0, 0.05) is 12.5 Å². The summed E-state index contributed by atoms with van der Waals surface area (Å²) in [5, 5.41) is 3.85. The number of aromatic nitrogens is 2. The van der Waals surface area contributed by atoms with Gasteiger partial charge in [-0.1, -0.05) is 11.6 Å². The molecular weight excluding hydrogens is 374 g/mol. The quantitative estimate of drug-likeness (QED) is 0.783. The van der Waals surface area contributed by atoms with E-state index in [4.69, 9.17) is 16.3 Å². The van der Waals surface area contributed by atoms with Gasteiger partial charge in [0.25, 0.3) is 0 Å². The average Bonchev–Trinajstić information content (AvgIpc) is 2.63. The number of nitrogens with zero attached hydrogens (tertiary/aromatic N) is 2. The summed E-state index contributed by atoms with van der Waals surface area (Å²) in [6.07, 6.45) is 16.0. The first kappa shape index (κ1) is 18.7. The van der Waals surface area contributed by atoms with E-state index in [1.54, 1.807) is 12.4 Å². The number of amides is 1. The second-order valence-corrected chi connectivity index (χ2v) is 10.4. The summed E-state index contributed by atoms with van der Waals surface area (Å²) in [6.45, 7) is 0. The Morgan fingerprint density at radius 1 is 1.04 bits per heavy atom. The first-order valence-corrected chi connectivity index (χ1v) is 11.4. The van der Waals surface area contributed by atoms with E-state index >= 15 is 0 Å². The molecule has 6 heteroatoms. The Morgan fingerprint density at radius 3 is 2.18 bits per heavy atom. The van der Waals surface area contributed by atoms with Gasteiger partial charge < -0.3 is 10.1 Å². The zero-order valence-corrected chi connectivity index (χ0v) is 17.2. The molecule has 1 aromatic rings. The van der Waals surface area contributed by atoms with Crippen LogP contribution in [-0.2, 0) is 4.79 Å². The van der Waals surface area contributed by atoms with Crippen LogP contribution in [0.15, 0.2) is 12.4 Å². The second kappa shape index (κ2) is 7.47. The number of hydrogen-bond donors (Lipinski definition) is 1. The fourth-order valence-corrected chi connectivity index (χ4v) is 7.06. The molecule has 6 rings (SSSR count). The van der Waals surface area contributed by atoms with Crippen LogP contribution >= 0.6 is 11.6 Å². The third-order valence-corrected chi connectivity index (χ3v) is 7.80. The maximum absolute atomic E-state index is 12.8. The zero-order valence-electron chi connectivity index (χ0n) is 16.4. The summed E-state index contributed by atoms with van der Waals surface area (Å²) < 4.78 is 5.86. The molecule has 5 fully saturated rings. The van der Waals surface area contributed by atoms with Gasteiger partial charge in [0.2, 0.25) is 5.91 Å². The van der Waals surface area contributed by atoms with Crippen molar-refractivity contribution in [3.63, 3.8) is 0 Å². The highest BCUT2D eigenvalue weighted by Gasteiger charge is 2.51. The fourth-order valence-electron chi connectivity index (χ4n) is 6.96. The minimum Gasteiger partial charge on any atom is -0.460 e. The molecule has 5 saturated carbocycles. The summed E-state index contributed by atoms with van der Waals surface area (Å²) >= 11 is 5.81. The Kier molecular flexibility index (Phi) is 4.98. The molecule has 0 aromatic carbocycles. The highest BCUT2D eigenvalue weighted by molar-refractivity contribution is 6.30. The fraction of sp³-hybridized carbons (Fsp3) is 0.773. The predicted molar refractivity (Wildman–Crippen MR) is 107 cm³/mol. The van der Waals surface area contributed by atoms with Crippen LogP contribution in [0.2, 0.25) is 5.02 Å². The molecule has 1 heterocycles. The number of hydrogen-bond acceptors (Lipinski definition) is 4. The largest absolute Gasteiger partial charge is 0.460 e. The summed E-state index contributed by atoms with van der Waals surface area (Å²) in [7, 11) is 0. The van der Waals surface area contributed by atoms with Crippen molar-refractivity contribution in [1.82, 2.24) is 15.3 Å². The van der Waals surface area contributed by atoms with Crippen molar-refractivity contribution >= 4 is 17.5 Å². The van der Waals surface area contributed by atoms with Crippen LogP contribution in [0.1, 0.15) is 70.6 Å². The molecule has 5 aliphatic rings. The number of rotatable bonds is 5. The highest BCUT2D eigenvalue weighted by Crippen LogP contribution is 2.61. The van der Waals surface area contributed by atoms with E-state index in [1.807, 2.05) is 0 Å². The van der Waals surface area contributed by atoms with Crippen molar-refractivity contribution < 1.29 is 9.53 Å². The Labute approximate surface area is 172 Å². The third kappa shape index (κ3) is 4.00. The van der Waals surface area contributed by atoms with Gasteiger partial charge in [0.1, 0.15) is 6.10 Å². The predicted octanol–water partition coefficient (Wildman–Crippen LogP) is 4.54. The lowest BCUT2D eigenvalue weighted by atomic mass is 9.49. The smallest absolute Gasteiger partial charge is 0.316 e. The number of halogens is 1. The second-order valence-electron chi connectivity index (χ2n) is 9.94. The SMILES string of the molecule is O=C(CC12CC3CC(CC(C3)C1)C2)NC1CCC(Oc2ncc(Cl)cn2)CC1. The van der Waals surface area contributed by atoms with Crippen LogP contribution in [0.5, 0.6) is 6.01 Å². The molecule has 1 amide bonds. The number of carbonyl (C=O) groups is 1. The summed E-state index contributed by atoms with van der Waals surface area (Å²) in [4.78, 5) is 21.0. The maximum Gasteiger partial charge on any atom is 0.316 e. The van der Waals surface area contributed by atoms with E-state index in [1.165, 1.54) is 38.5 Å². The van der Waals surface area contributed by atoms with E-state index in [9.17, 15) is 4.79 Å². The third-order valence-electron chi connectivity index (χ3n) is 7.61. The van der Waals surface area contributed by atoms with E-state index < -0.39 is 0 Å². The molecular formula is C22H30ClN3O2. The van der Waals surface area contributed by atoms with Crippen LogP contribution in [0, 0.1) is 23.2 Å². The van der Waals surface area contributed by atoms with E-state index in [0.717, 1.165) is 49.9 Å². The zero-order chi connectivity index (χ0) is 19.1. The molecule has 5 nitrogen and oxygen atoms in total. The maximum atomic E-state index is 12.8. The first-order chi connectivity index (χ1) is 13.6. The minimum atomic E-state index is 0.123. The lowest BCUT2D eigenvalue weighted by molar-refractivity contribution is -0.130.